The zero-order valence-corrected chi connectivity index (χ0v) is 11.5. The lowest BCUT2D eigenvalue weighted by Crippen LogP contribution is -2.05. The lowest BCUT2D eigenvalue weighted by Gasteiger charge is -2.08. The van der Waals surface area contributed by atoms with Crippen LogP contribution in [0.5, 0.6) is 0 Å². The van der Waals surface area contributed by atoms with Gasteiger partial charge in [0, 0.05) is 12.6 Å². The van der Waals surface area contributed by atoms with Crippen LogP contribution >= 0.6 is 15.9 Å². The summed E-state index contributed by atoms with van der Waals surface area (Å²) in [5.41, 5.74) is 7.33. The van der Waals surface area contributed by atoms with Crippen molar-refractivity contribution in [2.45, 2.75) is 26.8 Å². The minimum absolute atomic E-state index is 0.314. The van der Waals surface area contributed by atoms with E-state index in [9.17, 15) is 4.39 Å². The summed E-state index contributed by atoms with van der Waals surface area (Å²) in [4.78, 5) is 4.17. The van der Waals surface area contributed by atoms with Crippen LogP contribution in [0.3, 0.4) is 0 Å². The average molecular weight is 300 g/mol. The number of hydrogen-bond donors (Lipinski definition) is 1. The van der Waals surface area contributed by atoms with Crippen molar-refractivity contribution in [3.8, 4) is 0 Å². The topological polar surface area (TPSA) is 43.8 Å². The molecule has 0 bridgehead atoms. The maximum absolute atomic E-state index is 13.4. The molecule has 1 aromatic heterocycles. The van der Waals surface area contributed by atoms with Crippen molar-refractivity contribution >= 4 is 32.9 Å². The van der Waals surface area contributed by atoms with E-state index in [1.165, 1.54) is 6.07 Å². The smallest absolute Gasteiger partial charge is 0.201 e. The van der Waals surface area contributed by atoms with Crippen molar-refractivity contribution in [3.05, 3.63) is 22.4 Å². The molecular formula is C12H15BrFN3. The second-order valence-electron chi connectivity index (χ2n) is 4.56. The van der Waals surface area contributed by atoms with Gasteiger partial charge >= 0.3 is 0 Å². The maximum Gasteiger partial charge on any atom is 0.201 e. The van der Waals surface area contributed by atoms with E-state index in [2.05, 4.69) is 34.8 Å². The summed E-state index contributed by atoms with van der Waals surface area (Å²) in [5.74, 6) is 0.722. The summed E-state index contributed by atoms with van der Waals surface area (Å²) in [5, 5.41) is 0. The number of nitrogen functional groups attached to an aromatic ring is 1. The minimum Gasteiger partial charge on any atom is -0.369 e. The number of benzene rings is 1. The Hall–Kier alpha value is -1.10. The molecule has 2 N–H and O–H groups in total. The van der Waals surface area contributed by atoms with Crippen LogP contribution in [-0.4, -0.2) is 9.55 Å². The standard InChI is InChI=1S/C12H15BrFN3/c1-7(2)3-4-17-11-5-8(13)9(14)6-10(11)16-12(17)15/h5-7H,3-4H2,1-2H3,(H2,15,16). The Morgan fingerprint density at radius 2 is 2.18 bits per heavy atom. The molecule has 0 saturated carbocycles. The second-order valence-corrected chi connectivity index (χ2v) is 5.41. The molecule has 0 fully saturated rings. The highest BCUT2D eigenvalue weighted by Gasteiger charge is 2.11. The van der Waals surface area contributed by atoms with Crippen LogP contribution < -0.4 is 5.73 Å². The van der Waals surface area contributed by atoms with Crippen molar-refractivity contribution in [2.24, 2.45) is 5.92 Å². The van der Waals surface area contributed by atoms with Crippen LogP contribution in [0, 0.1) is 11.7 Å². The van der Waals surface area contributed by atoms with Crippen LogP contribution in [0.2, 0.25) is 0 Å². The van der Waals surface area contributed by atoms with Gasteiger partial charge in [-0.2, -0.15) is 0 Å². The van der Waals surface area contributed by atoms with Crippen LogP contribution in [0.4, 0.5) is 10.3 Å². The van der Waals surface area contributed by atoms with Crippen LogP contribution in [0.15, 0.2) is 16.6 Å². The molecule has 0 radical (unpaired) electrons. The number of hydrogen-bond acceptors (Lipinski definition) is 2. The third-order valence-electron chi connectivity index (χ3n) is 2.75. The van der Waals surface area contributed by atoms with E-state index in [0.717, 1.165) is 18.5 Å². The van der Waals surface area contributed by atoms with Crippen LogP contribution in [0.1, 0.15) is 20.3 Å². The van der Waals surface area contributed by atoms with Gasteiger partial charge in [0.1, 0.15) is 5.82 Å². The van der Waals surface area contributed by atoms with Crippen LogP contribution in [0.25, 0.3) is 11.0 Å². The highest BCUT2D eigenvalue weighted by atomic mass is 79.9. The van der Waals surface area contributed by atoms with Gasteiger partial charge in [0.25, 0.3) is 0 Å². The molecule has 17 heavy (non-hydrogen) atoms. The van der Waals surface area contributed by atoms with Crippen molar-refractivity contribution in [1.29, 1.82) is 0 Å². The highest BCUT2D eigenvalue weighted by Crippen LogP contribution is 2.25. The molecule has 0 aliphatic heterocycles. The van der Waals surface area contributed by atoms with E-state index >= 15 is 0 Å². The summed E-state index contributed by atoms with van der Waals surface area (Å²) in [6, 6.07) is 3.13. The van der Waals surface area contributed by atoms with Gasteiger partial charge in [-0.3, -0.25) is 0 Å². The molecule has 0 saturated heterocycles. The van der Waals surface area contributed by atoms with Crippen molar-refractivity contribution in [2.75, 3.05) is 5.73 Å². The van der Waals surface area contributed by atoms with Gasteiger partial charge in [-0.25, -0.2) is 9.37 Å². The lowest BCUT2D eigenvalue weighted by molar-refractivity contribution is 0.526. The monoisotopic (exact) mass is 299 g/mol. The molecule has 3 nitrogen and oxygen atoms in total. The molecule has 1 heterocycles. The zero-order valence-electron chi connectivity index (χ0n) is 9.87. The van der Waals surface area contributed by atoms with Gasteiger partial charge in [0.05, 0.1) is 15.5 Å². The number of rotatable bonds is 3. The number of aromatic nitrogens is 2. The molecule has 92 valence electrons. The molecule has 2 rings (SSSR count). The minimum atomic E-state index is -0.314. The number of imidazole rings is 1. The molecule has 0 unspecified atom stereocenters. The van der Waals surface area contributed by atoms with E-state index < -0.39 is 0 Å². The molecule has 1 aromatic carbocycles. The van der Waals surface area contributed by atoms with E-state index in [0.29, 0.717) is 21.9 Å². The molecule has 5 heteroatoms. The Balaban J connectivity index is 2.47. The number of fused-ring (bicyclic) bond motifs is 1. The summed E-state index contributed by atoms with van der Waals surface area (Å²) in [6.45, 7) is 5.12. The van der Waals surface area contributed by atoms with E-state index in [4.69, 9.17) is 5.73 Å². The summed E-state index contributed by atoms with van der Waals surface area (Å²) in [6.07, 6.45) is 1.02. The number of halogens is 2. The van der Waals surface area contributed by atoms with Gasteiger partial charge in [-0.05, 0) is 34.3 Å². The van der Waals surface area contributed by atoms with Crippen molar-refractivity contribution < 1.29 is 4.39 Å². The van der Waals surface area contributed by atoms with Crippen molar-refractivity contribution in [3.63, 3.8) is 0 Å². The predicted molar refractivity (Wildman–Crippen MR) is 71.3 cm³/mol. The van der Waals surface area contributed by atoms with Gasteiger partial charge in [-0.1, -0.05) is 13.8 Å². The Labute approximate surface area is 108 Å². The highest BCUT2D eigenvalue weighted by molar-refractivity contribution is 9.10. The first-order valence-corrected chi connectivity index (χ1v) is 6.39. The fourth-order valence-corrected chi connectivity index (χ4v) is 2.09. The van der Waals surface area contributed by atoms with Gasteiger partial charge in [-0.15, -0.1) is 0 Å². The number of nitrogens with zero attached hydrogens (tertiary/aromatic N) is 2. The van der Waals surface area contributed by atoms with Gasteiger partial charge in [0.2, 0.25) is 5.95 Å². The second kappa shape index (κ2) is 4.64. The Morgan fingerprint density at radius 3 is 2.82 bits per heavy atom. The van der Waals surface area contributed by atoms with Crippen molar-refractivity contribution in [1.82, 2.24) is 9.55 Å². The quantitative estimate of drug-likeness (QED) is 0.941. The SMILES string of the molecule is CC(C)CCn1c(N)nc2cc(F)c(Br)cc21. The van der Waals surface area contributed by atoms with E-state index in [1.807, 2.05) is 4.57 Å². The predicted octanol–water partition coefficient (Wildman–Crippen LogP) is 3.57. The molecule has 0 atom stereocenters. The zero-order chi connectivity index (χ0) is 12.6. The fourth-order valence-electron chi connectivity index (χ4n) is 1.76. The first kappa shape index (κ1) is 12.4. The first-order chi connectivity index (χ1) is 7.99. The van der Waals surface area contributed by atoms with E-state index in [-0.39, 0.29) is 5.82 Å². The number of anilines is 1. The Bertz CT molecular complexity index is 548. The summed E-state index contributed by atoms with van der Waals surface area (Å²) >= 11 is 3.18. The number of aryl methyl sites for hydroxylation is 1. The molecule has 0 aliphatic carbocycles. The molecule has 0 spiro atoms. The molecule has 0 aliphatic rings. The largest absolute Gasteiger partial charge is 0.369 e. The fraction of sp³-hybridized carbons (Fsp3) is 0.417. The van der Waals surface area contributed by atoms with Gasteiger partial charge < -0.3 is 10.3 Å². The van der Waals surface area contributed by atoms with Crippen LogP contribution in [-0.2, 0) is 6.54 Å². The summed E-state index contributed by atoms with van der Waals surface area (Å²) in [7, 11) is 0. The normalized spacial score (nSPS) is 11.6. The maximum atomic E-state index is 13.4. The van der Waals surface area contributed by atoms with Gasteiger partial charge in [0.15, 0.2) is 0 Å². The summed E-state index contributed by atoms with van der Waals surface area (Å²) < 4.78 is 15.7. The average Bonchev–Trinajstić information content (AvgIpc) is 2.52. The Morgan fingerprint density at radius 1 is 1.47 bits per heavy atom. The third kappa shape index (κ3) is 2.44. The third-order valence-corrected chi connectivity index (χ3v) is 3.36. The lowest BCUT2D eigenvalue weighted by atomic mass is 10.1. The molecule has 0 amide bonds. The molecular weight excluding hydrogens is 285 g/mol. The molecule has 2 aromatic rings. The first-order valence-electron chi connectivity index (χ1n) is 5.59. The number of nitrogens with two attached hydrogens (primary N) is 1. The Kier molecular flexibility index (Phi) is 3.38. The van der Waals surface area contributed by atoms with E-state index in [1.54, 1.807) is 6.07 Å².